The molecule has 188 valence electrons. The van der Waals surface area contributed by atoms with E-state index in [9.17, 15) is 0 Å². The fourth-order valence-corrected chi connectivity index (χ4v) is 7.09. The number of hydrogen-bond acceptors (Lipinski definition) is 2. The van der Waals surface area contributed by atoms with Crippen LogP contribution in [0.3, 0.4) is 0 Å². The molecule has 1 nitrogen and oxygen atoms in total. The lowest BCUT2D eigenvalue weighted by molar-refractivity contribution is 1.32. The van der Waals surface area contributed by atoms with Crippen molar-refractivity contribution in [2.45, 2.75) is 0 Å². The Labute approximate surface area is 237 Å². The first kappa shape index (κ1) is 23.0. The average molecular weight is 528 g/mol. The van der Waals surface area contributed by atoms with Gasteiger partial charge in [0.1, 0.15) is 0 Å². The first-order chi connectivity index (χ1) is 19.8. The number of anilines is 3. The molecule has 0 radical (unpaired) electrons. The molecule has 2 heteroatoms. The van der Waals surface area contributed by atoms with Crippen molar-refractivity contribution in [1.82, 2.24) is 0 Å². The predicted molar refractivity (Wildman–Crippen MR) is 174 cm³/mol. The molecule has 1 aromatic heterocycles. The van der Waals surface area contributed by atoms with Gasteiger partial charge in [-0.3, -0.25) is 0 Å². The minimum absolute atomic E-state index is 1.14. The van der Waals surface area contributed by atoms with Gasteiger partial charge in [-0.1, -0.05) is 115 Å². The largest absolute Gasteiger partial charge is 0.309 e. The number of hydrogen-bond donors (Lipinski definition) is 0. The molecule has 40 heavy (non-hydrogen) atoms. The van der Waals surface area contributed by atoms with E-state index in [0.717, 1.165) is 11.4 Å². The van der Waals surface area contributed by atoms with E-state index in [1.54, 1.807) is 0 Å². The smallest absolute Gasteiger partial charge is 0.0633 e. The van der Waals surface area contributed by atoms with E-state index in [1.807, 2.05) is 11.3 Å². The Hall–Kier alpha value is -4.92. The summed E-state index contributed by atoms with van der Waals surface area (Å²) in [4.78, 5) is 2.47. The van der Waals surface area contributed by atoms with Gasteiger partial charge >= 0.3 is 0 Å². The second-order valence-electron chi connectivity index (χ2n) is 10.2. The van der Waals surface area contributed by atoms with Crippen molar-refractivity contribution < 1.29 is 0 Å². The fraction of sp³-hybridized carbons (Fsp3) is 0. The molecular formula is C38H25NS. The van der Waals surface area contributed by atoms with Crippen molar-refractivity contribution in [2.24, 2.45) is 0 Å². The molecule has 0 N–H and O–H groups in total. The predicted octanol–water partition coefficient (Wildman–Crippen LogP) is 11.5. The Morgan fingerprint density at radius 1 is 0.400 bits per heavy atom. The summed E-state index contributed by atoms with van der Waals surface area (Å²) in [6.45, 7) is 0. The van der Waals surface area contributed by atoms with E-state index >= 15 is 0 Å². The van der Waals surface area contributed by atoms with Crippen LogP contribution in [-0.4, -0.2) is 0 Å². The number of rotatable bonds is 4. The lowest BCUT2D eigenvalue weighted by Crippen LogP contribution is -2.11. The third-order valence-corrected chi connectivity index (χ3v) is 8.91. The van der Waals surface area contributed by atoms with Gasteiger partial charge < -0.3 is 4.90 Å². The SMILES string of the molecule is c1ccc(-c2cccc(N(c3ccc4ccccc4c3)c3c4ccccc4cc4sc5ccccc5c34)c2)cc1. The molecule has 0 saturated heterocycles. The van der Waals surface area contributed by atoms with Gasteiger partial charge in [0, 0.05) is 36.9 Å². The molecule has 0 aliphatic carbocycles. The van der Waals surface area contributed by atoms with Crippen molar-refractivity contribution >= 4 is 70.1 Å². The van der Waals surface area contributed by atoms with Gasteiger partial charge in [-0.2, -0.15) is 0 Å². The van der Waals surface area contributed by atoms with Gasteiger partial charge in [0.2, 0.25) is 0 Å². The van der Waals surface area contributed by atoms with Crippen LogP contribution in [0.2, 0.25) is 0 Å². The molecule has 0 fully saturated rings. The van der Waals surface area contributed by atoms with Gasteiger partial charge in [-0.15, -0.1) is 11.3 Å². The Bertz CT molecular complexity index is 2170. The summed E-state index contributed by atoms with van der Waals surface area (Å²) in [5.74, 6) is 0. The molecule has 0 atom stereocenters. The summed E-state index contributed by atoms with van der Waals surface area (Å²) in [5.41, 5.74) is 5.94. The van der Waals surface area contributed by atoms with Crippen LogP contribution in [0.15, 0.2) is 152 Å². The van der Waals surface area contributed by atoms with Crippen LogP contribution in [0.4, 0.5) is 17.1 Å². The van der Waals surface area contributed by atoms with Crippen molar-refractivity contribution in [3.63, 3.8) is 0 Å². The molecule has 0 bridgehead atoms. The third kappa shape index (κ3) is 3.77. The second kappa shape index (κ2) is 9.37. The molecule has 7 aromatic carbocycles. The van der Waals surface area contributed by atoms with Crippen LogP contribution in [0.5, 0.6) is 0 Å². The number of nitrogens with zero attached hydrogens (tertiary/aromatic N) is 1. The van der Waals surface area contributed by atoms with Crippen LogP contribution in [0.25, 0.3) is 52.8 Å². The molecule has 0 spiro atoms. The van der Waals surface area contributed by atoms with Gasteiger partial charge in [0.05, 0.1) is 5.69 Å². The van der Waals surface area contributed by atoms with Crippen molar-refractivity contribution in [2.75, 3.05) is 4.90 Å². The topological polar surface area (TPSA) is 3.24 Å². The fourth-order valence-electron chi connectivity index (χ4n) is 5.94. The maximum Gasteiger partial charge on any atom is 0.0633 e. The Balaban J connectivity index is 1.50. The minimum Gasteiger partial charge on any atom is -0.309 e. The summed E-state index contributed by atoms with van der Waals surface area (Å²) < 4.78 is 2.62. The highest BCUT2D eigenvalue weighted by Crippen LogP contribution is 2.49. The van der Waals surface area contributed by atoms with Gasteiger partial charge in [0.15, 0.2) is 0 Å². The Kier molecular flexibility index (Phi) is 5.39. The molecule has 0 aliphatic rings. The molecule has 8 aromatic rings. The minimum atomic E-state index is 1.14. The zero-order chi connectivity index (χ0) is 26.5. The normalized spacial score (nSPS) is 11.5. The molecule has 0 amide bonds. The van der Waals surface area contributed by atoms with Crippen molar-refractivity contribution in [3.8, 4) is 11.1 Å². The van der Waals surface area contributed by atoms with Crippen LogP contribution in [-0.2, 0) is 0 Å². The summed E-state index contributed by atoms with van der Waals surface area (Å²) in [6.07, 6.45) is 0. The average Bonchev–Trinajstić information content (AvgIpc) is 3.39. The molecule has 0 unspecified atom stereocenters. The van der Waals surface area contributed by atoms with E-state index in [4.69, 9.17) is 0 Å². The van der Waals surface area contributed by atoms with Gasteiger partial charge in [-0.25, -0.2) is 0 Å². The highest BCUT2D eigenvalue weighted by molar-refractivity contribution is 7.26. The zero-order valence-electron chi connectivity index (χ0n) is 21.8. The van der Waals surface area contributed by atoms with Crippen LogP contribution >= 0.6 is 11.3 Å². The Morgan fingerprint density at radius 2 is 1.07 bits per heavy atom. The monoisotopic (exact) mass is 527 g/mol. The third-order valence-electron chi connectivity index (χ3n) is 7.79. The van der Waals surface area contributed by atoms with E-state index < -0.39 is 0 Å². The van der Waals surface area contributed by atoms with Gasteiger partial charge in [-0.05, 0) is 63.7 Å². The van der Waals surface area contributed by atoms with E-state index in [-0.39, 0.29) is 0 Å². The summed E-state index contributed by atoms with van der Waals surface area (Å²) in [5, 5.41) is 7.58. The van der Waals surface area contributed by atoms with E-state index in [0.29, 0.717) is 0 Å². The molecule has 1 heterocycles. The molecule has 0 aliphatic heterocycles. The molecular weight excluding hydrogens is 502 g/mol. The number of fused-ring (bicyclic) bond motifs is 5. The maximum absolute atomic E-state index is 2.47. The molecule has 8 rings (SSSR count). The van der Waals surface area contributed by atoms with Crippen molar-refractivity contribution in [3.05, 3.63) is 152 Å². The van der Waals surface area contributed by atoms with Crippen LogP contribution in [0, 0.1) is 0 Å². The quantitative estimate of drug-likeness (QED) is 0.220. The summed E-state index contributed by atoms with van der Waals surface area (Å²) >= 11 is 1.87. The lowest BCUT2D eigenvalue weighted by Gasteiger charge is -2.29. The first-order valence-corrected chi connectivity index (χ1v) is 14.4. The zero-order valence-corrected chi connectivity index (χ0v) is 22.6. The van der Waals surface area contributed by atoms with Gasteiger partial charge in [0.25, 0.3) is 0 Å². The maximum atomic E-state index is 2.47. The highest BCUT2D eigenvalue weighted by atomic mass is 32.1. The highest BCUT2D eigenvalue weighted by Gasteiger charge is 2.22. The van der Waals surface area contributed by atoms with E-state index in [2.05, 4.69) is 157 Å². The Morgan fingerprint density at radius 3 is 1.95 bits per heavy atom. The van der Waals surface area contributed by atoms with Crippen molar-refractivity contribution in [1.29, 1.82) is 0 Å². The first-order valence-electron chi connectivity index (χ1n) is 13.6. The molecule has 0 saturated carbocycles. The standard InChI is InChI=1S/C38H25NS/c1-2-11-26(12-3-1)29-16-10-17-31(23-29)39(32-22-21-27-13-4-5-14-28(27)24-32)38-33-18-7-6-15-30(33)25-36-37(38)34-19-8-9-20-35(34)40-36/h1-25H. The number of benzene rings is 7. The van der Waals surface area contributed by atoms with Crippen LogP contribution in [0.1, 0.15) is 0 Å². The number of thiophene rings is 1. The lowest BCUT2D eigenvalue weighted by atomic mass is 9.99. The summed E-state index contributed by atoms with van der Waals surface area (Å²) in [7, 11) is 0. The summed E-state index contributed by atoms with van der Waals surface area (Å²) in [6, 6.07) is 55.0. The second-order valence-corrected chi connectivity index (χ2v) is 11.3. The van der Waals surface area contributed by atoms with Crippen LogP contribution < -0.4 is 4.90 Å². The van der Waals surface area contributed by atoms with E-state index in [1.165, 1.54) is 58.5 Å².